The fourth-order valence-electron chi connectivity index (χ4n) is 2.93. The predicted octanol–water partition coefficient (Wildman–Crippen LogP) is 3.94. The maximum Gasteiger partial charge on any atom is 0.418 e. The molecule has 28 heavy (non-hydrogen) atoms. The third-order valence-electron chi connectivity index (χ3n) is 4.48. The number of aromatic nitrogens is 1. The molecular formula is C19H19F4N3O2. The second-order valence-corrected chi connectivity index (χ2v) is 6.58. The van der Waals surface area contributed by atoms with Gasteiger partial charge in [0, 0.05) is 6.61 Å². The van der Waals surface area contributed by atoms with Crippen molar-refractivity contribution >= 4 is 17.3 Å². The molecule has 0 spiro atoms. The lowest BCUT2D eigenvalue weighted by molar-refractivity contribution is -0.137. The van der Waals surface area contributed by atoms with Gasteiger partial charge in [0.25, 0.3) is 0 Å². The average molecular weight is 397 g/mol. The number of aryl methyl sites for hydroxylation is 1. The van der Waals surface area contributed by atoms with Crippen LogP contribution >= 0.6 is 0 Å². The normalized spacial score (nSPS) is 16.8. The van der Waals surface area contributed by atoms with Gasteiger partial charge >= 0.3 is 6.18 Å². The number of carbonyl (C=O) groups excluding carboxylic acids is 1. The van der Waals surface area contributed by atoms with Gasteiger partial charge in [-0.05, 0) is 43.2 Å². The Hall–Kier alpha value is -2.68. The first-order chi connectivity index (χ1) is 13.2. The molecule has 9 heteroatoms. The first-order valence-electron chi connectivity index (χ1n) is 8.69. The number of alkyl halides is 3. The first kappa shape index (κ1) is 20.1. The minimum Gasteiger partial charge on any atom is -0.381 e. The van der Waals surface area contributed by atoms with E-state index in [1.54, 1.807) is 13.0 Å². The van der Waals surface area contributed by atoms with Gasteiger partial charge in [-0.3, -0.25) is 9.78 Å². The third-order valence-corrected chi connectivity index (χ3v) is 4.48. The van der Waals surface area contributed by atoms with Crippen LogP contribution < -0.4 is 10.6 Å². The van der Waals surface area contributed by atoms with Crippen molar-refractivity contribution in [3.63, 3.8) is 0 Å². The molecule has 1 fully saturated rings. The summed E-state index contributed by atoms with van der Waals surface area (Å²) in [6.45, 7) is 2.93. The Morgan fingerprint density at radius 1 is 1.32 bits per heavy atom. The van der Waals surface area contributed by atoms with E-state index in [9.17, 15) is 22.4 Å². The van der Waals surface area contributed by atoms with E-state index >= 15 is 0 Å². The van der Waals surface area contributed by atoms with Crippen molar-refractivity contribution in [3.05, 3.63) is 53.1 Å². The molecule has 2 heterocycles. The van der Waals surface area contributed by atoms with E-state index in [1.807, 2.05) is 0 Å². The van der Waals surface area contributed by atoms with Crippen molar-refractivity contribution in [2.75, 3.05) is 18.5 Å². The maximum atomic E-state index is 13.2. The van der Waals surface area contributed by atoms with E-state index in [2.05, 4.69) is 15.6 Å². The van der Waals surface area contributed by atoms with Gasteiger partial charge in [0.15, 0.2) is 0 Å². The zero-order valence-corrected chi connectivity index (χ0v) is 15.1. The van der Waals surface area contributed by atoms with E-state index in [0.29, 0.717) is 42.6 Å². The molecule has 0 aliphatic carbocycles. The number of pyridine rings is 1. The minimum absolute atomic E-state index is 0.109. The Kier molecular flexibility index (Phi) is 5.83. The molecule has 1 unspecified atom stereocenters. The number of ether oxygens (including phenoxy) is 1. The zero-order chi connectivity index (χ0) is 20.3. The standard InChI is InChI=1S/C19H19F4N3O2/c1-11-6-14(26-16-3-2-13(20)7-15(16)19(21,22)23)8-24-17(11)9-25-18(27)12-4-5-28-10-12/h2-3,6-8,12,26H,4-5,9-10H2,1H3,(H,25,27). The van der Waals surface area contributed by atoms with Crippen LogP contribution in [-0.2, 0) is 22.3 Å². The summed E-state index contributed by atoms with van der Waals surface area (Å²) < 4.78 is 57.7. The second kappa shape index (κ2) is 8.14. The fourth-order valence-corrected chi connectivity index (χ4v) is 2.93. The Morgan fingerprint density at radius 2 is 2.11 bits per heavy atom. The van der Waals surface area contributed by atoms with Gasteiger partial charge in [-0.15, -0.1) is 0 Å². The second-order valence-electron chi connectivity index (χ2n) is 6.58. The van der Waals surface area contributed by atoms with Gasteiger partial charge in [0.2, 0.25) is 5.91 Å². The van der Waals surface area contributed by atoms with Crippen LogP contribution in [0.15, 0.2) is 30.5 Å². The molecule has 1 amide bonds. The molecule has 1 aromatic heterocycles. The lowest BCUT2D eigenvalue weighted by atomic mass is 10.1. The minimum atomic E-state index is -4.69. The molecule has 0 radical (unpaired) electrons. The predicted molar refractivity (Wildman–Crippen MR) is 94.4 cm³/mol. The molecule has 1 atom stereocenters. The first-order valence-corrected chi connectivity index (χ1v) is 8.69. The van der Waals surface area contributed by atoms with Crippen LogP contribution in [0, 0.1) is 18.7 Å². The third kappa shape index (κ3) is 4.78. The van der Waals surface area contributed by atoms with Gasteiger partial charge in [-0.25, -0.2) is 4.39 Å². The van der Waals surface area contributed by atoms with E-state index in [1.165, 1.54) is 6.20 Å². The highest BCUT2D eigenvalue weighted by molar-refractivity contribution is 5.79. The number of carbonyl (C=O) groups is 1. The van der Waals surface area contributed by atoms with Crippen molar-refractivity contribution in [3.8, 4) is 0 Å². The smallest absolute Gasteiger partial charge is 0.381 e. The number of nitrogens with one attached hydrogen (secondary N) is 2. The Labute approximate surface area is 159 Å². The van der Waals surface area contributed by atoms with Crippen molar-refractivity contribution in [2.45, 2.75) is 26.1 Å². The van der Waals surface area contributed by atoms with Crippen LogP contribution in [0.4, 0.5) is 28.9 Å². The Morgan fingerprint density at radius 3 is 2.75 bits per heavy atom. The number of halogens is 4. The zero-order valence-electron chi connectivity index (χ0n) is 15.1. The van der Waals surface area contributed by atoms with Gasteiger partial charge in [-0.2, -0.15) is 13.2 Å². The van der Waals surface area contributed by atoms with Crippen LogP contribution in [0.2, 0.25) is 0 Å². The van der Waals surface area contributed by atoms with E-state index in [0.717, 1.165) is 12.1 Å². The van der Waals surface area contributed by atoms with Crippen LogP contribution in [-0.4, -0.2) is 24.1 Å². The van der Waals surface area contributed by atoms with Crippen LogP contribution in [0.3, 0.4) is 0 Å². The van der Waals surface area contributed by atoms with Gasteiger partial charge in [0.1, 0.15) is 5.82 Å². The lowest BCUT2D eigenvalue weighted by Crippen LogP contribution is -2.31. The summed E-state index contributed by atoms with van der Waals surface area (Å²) in [4.78, 5) is 16.2. The maximum absolute atomic E-state index is 13.2. The number of nitrogens with zero attached hydrogens (tertiary/aromatic N) is 1. The van der Waals surface area contributed by atoms with Crippen molar-refractivity contribution < 1.29 is 27.1 Å². The topological polar surface area (TPSA) is 63.2 Å². The summed E-state index contributed by atoms with van der Waals surface area (Å²) in [5, 5.41) is 5.42. The van der Waals surface area contributed by atoms with Crippen LogP contribution in [0.1, 0.15) is 23.2 Å². The Balaban J connectivity index is 1.70. The van der Waals surface area contributed by atoms with Crippen molar-refractivity contribution in [1.82, 2.24) is 10.3 Å². The Bertz CT molecular complexity index is 865. The summed E-state index contributed by atoms with van der Waals surface area (Å²) in [6.07, 6.45) is -2.64. The quantitative estimate of drug-likeness (QED) is 0.751. The van der Waals surface area contributed by atoms with Crippen LogP contribution in [0.25, 0.3) is 0 Å². The molecule has 2 aromatic rings. The number of amides is 1. The molecule has 1 aliphatic heterocycles. The molecule has 1 aliphatic rings. The monoisotopic (exact) mass is 397 g/mol. The molecule has 5 nitrogen and oxygen atoms in total. The van der Waals surface area contributed by atoms with Gasteiger partial charge in [-0.1, -0.05) is 0 Å². The number of rotatable bonds is 5. The summed E-state index contributed by atoms with van der Waals surface area (Å²) in [6, 6.07) is 4.05. The molecule has 0 bridgehead atoms. The molecule has 2 N–H and O–H groups in total. The molecule has 1 saturated heterocycles. The summed E-state index contributed by atoms with van der Waals surface area (Å²) in [7, 11) is 0. The highest BCUT2D eigenvalue weighted by Gasteiger charge is 2.34. The van der Waals surface area contributed by atoms with E-state index in [4.69, 9.17) is 4.74 Å². The van der Waals surface area contributed by atoms with E-state index in [-0.39, 0.29) is 24.1 Å². The molecule has 150 valence electrons. The summed E-state index contributed by atoms with van der Waals surface area (Å²) in [5.74, 6) is -1.24. The van der Waals surface area contributed by atoms with E-state index < -0.39 is 17.6 Å². The number of anilines is 2. The van der Waals surface area contributed by atoms with Crippen LogP contribution in [0.5, 0.6) is 0 Å². The molecular weight excluding hydrogens is 378 g/mol. The average Bonchev–Trinajstić information content (AvgIpc) is 3.16. The van der Waals surface area contributed by atoms with Gasteiger partial charge < -0.3 is 15.4 Å². The number of benzene rings is 1. The highest BCUT2D eigenvalue weighted by Crippen LogP contribution is 2.36. The number of hydrogen-bond acceptors (Lipinski definition) is 4. The lowest BCUT2D eigenvalue weighted by Gasteiger charge is -2.16. The molecule has 3 rings (SSSR count). The largest absolute Gasteiger partial charge is 0.418 e. The summed E-state index contributed by atoms with van der Waals surface area (Å²) >= 11 is 0. The highest BCUT2D eigenvalue weighted by atomic mass is 19.4. The number of hydrogen-bond donors (Lipinski definition) is 2. The van der Waals surface area contributed by atoms with Crippen molar-refractivity contribution in [1.29, 1.82) is 0 Å². The van der Waals surface area contributed by atoms with Crippen molar-refractivity contribution in [2.24, 2.45) is 5.92 Å². The summed E-state index contributed by atoms with van der Waals surface area (Å²) in [5.41, 5.74) is 0.267. The molecule has 1 aromatic carbocycles. The SMILES string of the molecule is Cc1cc(Nc2ccc(F)cc2C(F)(F)F)cnc1CNC(=O)C1CCOC1. The fraction of sp³-hybridized carbons (Fsp3) is 0.368. The molecule has 0 saturated carbocycles. The van der Waals surface area contributed by atoms with Gasteiger partial charge in [0.05, 0.1) is 47.9 Å².